The van der Waals surface area contributed by atoms with E-state index >= 15 is 0 Å². The maximum Gasteiger partial charge on any atom is 0.283 e. The number of carbonyl (C=O) groups excluding carboxylic acids is 1. The fourth-order valence-corrected chi connectivity index (χ4v) is 3.07. The summed E-state index contributed by atoms with van der Waals surface area (Å²) in [6.45, 7) is -0.344. The molecule has 1 N–H and O–H groups in total. The molecule has 2 heterocycles. The minimum atomic E-state index is -0.728. The van der Waals surface area contributed by atoms with Crippen molar-refractivity contribution in [2.45, 2.75) is 13.1 Å². The molecule has 0 radical (unpaired) electrons. The third-order valence-electron chi connectivity index (χ3n) is 4.21. The lowest BCUT2D eigenvalue weighted by atomic mass is 10.2. The van der Waals surface area contributed by atoms with Crippen molar-refractivity contribution in [3.05, 3.63) is 81.4 Å². The standard InChI is InChI=1S/C19H13ClF2N6O2/c20-14-3-1-2-4-15(14)24-16(29)9-27-10-23-18-17(19(27)30)25-26-28(18)8-11-5-12(21)7-13(22)6-11/h1-7,10H,8-9H2,(H,24,29). The van der Waals surface area contributed by atoms with Crippen LogP contribution in [0.4, 0.5) is 14.5 Å². The van der Waals surface area contributed by atoms with Crippen LogP contribution >= 0.6 is 11.6 Å². The molecule has 0 spiro atoms. The number of anilines is 1. The highest BCUT2D eigenvalue weighted by molar-refractivity contribution is 6.33. The lowest BCUT2D eigenvalue weighted by Crippen LogP contribution is -2.28. The van der Waals surface area contributed by atoms with Crippen molar-refractivity contribution in [1.82, 2.24) is 24.5 Å². The zero-order chi connectivity index (χ0) is 21.3. The number of nitrogens with one attached hydrogen (secondary N) is 1. The van der Waals surface area contributed by atoms with Gasteiger partial charge in [0.2, 0.25) is 5.91 Å². The second-order valence-electron chi connectivity index (χ2n) is 6.40. The maximum absolute atomic E-state index is 13.4. The summed E-state index contributed by atoms with van der Waals surface area (Å²) in [5.74, 6) is -1.93. The largest absolute Gasteiger partial charge is 0.323 e. The van der Waals surface area contributed by atoms with E-state index in [1.54, 1.807) is 24.3 Å². The molecule has 4 aromatic rings. The van der Waals surface area contributed by atoms with Crippen molar-refractivity contribution in [3.8, 4) is 0 Å². The Kier molecular flexibility index (Phi) is 5.23. The van der Waals surface area contributed by atoms with Gasteiger partial charge in [0.1, 0.15) is 24.5 Å². The molecule has 0 saturated heterocycles. The molecule has 2 aromatic carbocycles. The predicted molar refractivity (Wildman–Crippen MR) is 105 cm³/mol. The summed E-state index contributed by atoms with van der Waals surface area (Å²) >= 11 is 6.01. The average Bonchev–Trinajstić information content (AvgIpc) is 3.08. The molecule has 8 nitrogen and oxygen atoms in total. The van der Waals surface area contributed by atoms with Crippen molar-refractivity contribution in [2.24, 2.45) is 0 Å². The summed E-state index contributed by atoms with van der Waals surface area (Å²) in [5.41, 5.74) is 0.197. The molecule has 11 heteroatoms. The molecular weight excluding hydrogens is 418 g/mol. The first-order valence-corrected chi connectivity index (χ1v) is 9.06. The molecule has 4 rings (SSSR count). The molecule has 0 aliphatic carbocycles. The van der Waals surface area contributed by atoms with Crippen molar-refractivity contribution in [2.75, 3.05) is 5.32 Å². The zero-order valence-corrected chi connectivity index (χ0v) is 16.0. The van der Waals surface area contributed by atoms with Crippen LogP contribution in [0.2, 0.25) is 5.02 Å². The van der Waals surface area contributed by atoms with Crippen molar-refractivity contribution >= 4 is 34.4 Å². The Balaban J connectivity index is 1.57. The van der Waals surface area contributed by atoms with E-state index in [4.69, 9.17) is 11.6 Å². The van der Waals surface area contributed by atoms with Crippen LogP contribution in [0.1, 0.15) is 5.56 Å². The van der Waals surface area contributed by atoms with Gasteiger partial charge in [0.15, 0.2) is 11.2 Å². The molecule has 0 bridgehead atoms. The molecule has 0 saturated carbocycles. The number of hydrogen-bond donors (Lipinski definition) is 1. The van der Waals surface area contributed by atoms with Crippen molar-refractivity contribution in [1.29, 1.82) is 0 Å². The molecular formula is C19H13ClF2N6O2. The van der Waals surface area contributed by atoms with Crippen LogP contribution in [0.25, 0.3) is 11.2 Å². The van der Waals surface area contributed by atoms with E-state index in [9.17, 15) is 18.4 Å². The van der Waals surface area contributed by atoms with E-state index in [2.05, 4.69) is 20.6 Å². The molecule has 1 amide bonds. The van der Waals surface area contributed by atoms with Crippen LogP contribution in [-0.4, -0.2) is 30.5 Å². The number of carbonyl (C=O) groups is 1. The van der Waals surface area contributed by atoms with E-state index in [1.165, 1.54) is 11.0 Å². The third-order valence-corrected chi connectivity index (χ3v) is 4.54. The highest BCUT2D eigenvalue weighted by atomic mass is 35.5. The first kappa shape index (κ1) is 19.6. The number of hydrogen-bond acceptors (Lipinski definition) is 5. The summed E-state index contributed by atoms with van der Waals surface area (Å²) in [5, 5.41) is 10.6. The minimum Gasteiger partial charge on any atom is -0.323 e. The Hall–Kier alpha value is -3.66. The minimum absolute atomic E-state index is 0.0331. The zero-order valence-electron chi connectivity index (χ0n) is 15.2. The fourth-order valence-electron chi connectivity index (χ4n) is 2.89. The van der Waals surface area contributed by atoms with E-state index < -0.39 is 23.1 Å². The van der Waals surface area contributed by atoms with E-state index in [1.807, 2.05) is 0 Å². The lowest BCUT2D eigenvalue weighted by Gasteiger charge is -2.08. The molecule has 0 aliphatic heterocycles. The summed E-state index contributed by atoms with van der Waals surface area (Å²) in [6, 6.07) is 9.75. The van der Waals surface area contributed by atoms with E-state index in [0.717, 1.165) is 22.8 Å². The number of amides is 1. The Bertz CT molecular complexity index is 1300. The van der Waals surface area contributed by atoms with Crippen molar-refractivity contribution in [3.63, 3.8) is 0 Å². The van der Waals surface area contributed by atoms with Gasteiger partial charge in [-0.15, -0.1) is 5.10 Å². The van der Waals surface area contributed by atoms with Crippen LogP contribution in [0.5, 0.6) is 0 Å². The number of nitrogens with zero attached hydrogens (tertiary/aromatic N) is 5. The first-order chi connectivity index (χ1) is 14.4. The summed E-state index contributed by atoms with van der Waals surface area (Å²) < 4.78 is 29.1. The van der Waals surface area contributed by atoms with Crippen LogP contribution in [-0.2, 0) is 17.9 Å². The summed E-state index contributed by atoms with van der Waals surface area (Å²) in [4.78, 5) is 29.0. The molecule has 0 aliphatic rings. The average molecular weight is 431 g/mol. The van der Waals surface area contributed by atoms with Gasteiger partial charge in [0, 0.05) is 6.07 Å². The first-order valence-electron chi connectivity index (χ1n) is 8.68. The van der Waals surface area contributed by atoms with Gasteiger partial charge in [-0.1, -0.05) is 28.9 Å². The van der Waals surface area contributed by atoms with E-state index in [-0.39, 0.29) is 24.3 Å². The second-order valence-corrected chi connectivity index (χ2v) is 6.81. The predicted octanol–water partition coefficient (Wildman–Crippen LogP) is 2.61. The van der Waals surface area contributed by atoms with Crippen LogP contribution in [0.15, 0.2) is 53.6 Å². The highest BCUT2D eigenvalue weighted by Gasteiger charge is 2.15. The quantitative estimate of drug-likeness (QED) is 0.525. The monoisotopic (exact) mass is 430 g/mol. The van der Waals surface area contributed by atoms with Crippen LogP contribution in [0.3, 0.4) is 0 Å². The molecule has 30 heavy (non-hydrogen) atoms. The van der Waals surface area contributed by atoms with E-state index in [0.29, 0.717) is 16.3 Å². The van der Waals surface area contributed by atoms with Gasteiger partial charge in [-0.2, -0.15) is 0 Å². The van der Waals surface area contributed by atoms with Gasteiger partial charge < -0.3 is 5.32 Å². The van der Waals surface area contributed by atoms with Gasteiger partial charge in [0.05, 0.1) is 17.3 Å². The van der Waals surface area contributed by atoms with Crippen LogP contribution < -0.4 is 10.9 Å². The molecule has 0 atom stereocenters. The topological polar surface area (TPSA) is 94.7 Å². The molecule has 152 valence electrons. The number of para-hydroxylation sites is 1. The van der Waals surface area contributed by atoms with Crippen molar-refractivity contribution < 1.29 is 13.6 Å². The summed E-state index contributed by atoms with van der Waals surface area (Å²) in [7, 11) is 0. The van der Waals surface area contributed by atoms with Gasteiger partial charge >= 0.3 is 0 Å². The second kappa shape index (κ2) is 7.99. The Morgan fingerprint density at radius 3 is 2.60 bits per heavy atom. The highest BCUT2D eigenvalue weighted by Crippen LogP contribution is 2.20. The fraction of sp³-hybridized carbons (Fsp3) is 0.105. The Labute approximate surface area is 172 Å². The summed E-state index contributed by atoms with van der Waals surface area (Å²) in [6.07, 6.45) is 1.18. The number of aromatic nitrogens is 5. The van der Waals surface area contributed by atoms with Gasteiger partial charge in [-0.3, -0.25) is 14.2 Å². The number of benzene rings is 2. The number of halogens is 3. The Morgan fingerprint density at radius 2 is 1.87 bits per heavy atom. The molecule has 2 aromatic heterocycles. The molecule has 0 unspecified atom stereocenters. The third kappa shape index (κ3) is 4.03. The SMILES string of the molecule is O=C(Cn1cnc2c(nnn2Cc2cc(F)cc(F)c2)c1=O)Nc1ccccc1Cl. The number of rotatable bonds is 5. The van der Waals surface area contributed by atoms with Gasteiger partial charge in [0.25, 0.3) is 5.56 Å². The molecule has 0 fully saturated rings. The van der Waals surface area contributed by atoms with Gasteiger partial charge in [-0.05, 0) is 29.8 Å². The number of fused-ring (bicyclic) bond motifs is 1. The Morgan fingerprint density at radius 1 is 1.13 bits per heavy atom. The maximum atomic E-state index is 13.4. The van der Waals surface area contributed by atoms with Gasteiger partial charge in [-0.25, -0.2) is 18.4 Å². The smallest absolute Gasteiger partial charge is 0.283 e. The normalized spacial score (nSPS) is 11.0. The lowest BCUT2D eigenvalue weighted by molar-refractivity contribution is -0.116. The van der Waals surface area contributed by atoms with Crippen LogP contribution in [0, 0.1) is 11.6 Å².